The Morgan fingerprint density at radius 2 is 2.20 bits per heavy atom. The first kappa shape index (κ1) is 17.4. The van der Waals surface area contributed by atoms with Gasteiger partial charge >= 0.3 is 0 Å². The number of nitrogens with zero attached hydrogens (tertiary/aromatic N) is 2. The molecule has 0 unspecified atom stereocenters. The number of hydrogen-bond donors (Lipinski definition) is 1. The van der Waals surface area contributed by atoms with Crippen LogP contribution in [0.2, 0.25) is 0 Å². The van der Waals surface area contributed by atoms with Crippen LogP contribution in [-0.2, 0) is 16.0 Å². The number of aromatic nitrogens is 2. The smallest absolute Gasteiger partial charge is 0.228 e. The van der Waals surface area contributed by atoms with Crippen LogP contribution in [0.25, 0.3) is 0 Å². The van der Waals surface area contributed by atoms with Crippen LogP contribution >= 0.6 is 0 Å². The fourth-order valence-corrected chi connectivity index (χ4v) is 3.01. The lowest BCUT2D eigenvalue weighted by Gasteiger charge is -2.23. The number of carbonyl (C=O) groups excluding carboxylic acids is 1. The molecule has 0 radical (unpaired) electrons. The summed E-state index contributed by atoms with van der Waals surface area (Å²) in [6.45, 7) is 3.37. The largest absolute Gasteiger partial charge is 0.497 e. The number of amides is 1. The third-order valence-corrected chi connectivity index (χ3v) is 4.47. The van der Waals surface area contributed by atoms with Gasteiger partial charge in [0.1, 0.15) is 11.6 Å². The van der Waals surface area contributed by atoms with Crippen molar-refractivity contribution in [2.45, 2.75) is 32.2 Å². The Labute approximate surface area is 145 Å². The second kappa shape index (κ2) is 7.65. The molecule has 0 aliphatic carbocycles. The zero-order chi connectivity index (χ0) is 17.8. The molecule has 1 amide bonds. The maximum atomic E-state index is 14.0. The number of methoxy groups -OCH3 is 1. The maximum Gasteiger partial charge on any atom is 0.228 e. The summed E-state index contributed by atoms with van der Waals surface area (Å²) in [5, 5.41) is 7.22. The van der Waals surface area contributed by atoms with Crippen LogP contribution in [0.15, 0.2) is 24.4 Å². The molecule has 1 N–H and O–H groups in total. The van der Waals surface area contributed by atoms with E-state index in [1.807, 2.05) is 11.6 Å². The fraction of sp³-hybridized carbons (Fsp3) is 0.444. The van der Waals surface area contributed by atoms with E-state index in [1.54, 1.807) is 18.3 Å². The lowest BCUT2D eigenvalue weighted by Crippen LogP contribution is -2.21. The highest BCUT2D eigenvalue weighted by Crippen LogP contribution is 2.25. The molecule has 25 heavy (non-hydrogen) atoms. The Morgan fingerprint density at radius 3 is 2.88 bits per heavy atom. The third kappa shape index (κ3) is 3.99. The van der Waals surface area contributed by atoms with Crippen molar-refractivity contribution in [2.24, 2.45) is 0 Å². The van der Waals surface area contributed by atoms with Crippen molar-refractivity contribution in [3.63, 3.8) is 0 Å². The molecular weight excluding hydrogens is 325 g/mol. The van der Waals surface area contributed by atoms with Crippen molar-refractivity contribution in [1.29, 1.82) is 0 Å². The van der Waals surface area contributed by atoms with Crippen LogP contribution in [0.4, 0.5) is 10.1 Å². The molecular formula is C18H22FN3O3. The zero-order valence-electron chi connectivity index (χ0n) is 14.4. The minimum atomic E-state index is -0.455. The predicted octanol–water partition coefficient (Wildman–Crippen LogP) is 2.87. The number of halogens is 1. The first-order chi connectivity index (χ1) is 12.1. The van der Waals surface area contributed by atoms with Gasteiger partial charge in [-0.25, -0.2) is 4.39 Å². The predicted molar refractivity (Wildman–Crippen MR) is 91.3 cm³/mol. The normalized spacial score (nSPS) is 15.2. The summed E-state index contributed by atoms with van der Waals surface area (Å²) in [5.74, 6) is -0.307. The topological polar surface area (TPSA) is 65.4 Å². The molecule has 0 spiro atoms. The second-order valence-electron chi connectivity index (χ2n) is 6.11. The number of ether oxygens (including phenoxy) is 2. The summed E-state index contributed by atoms with van der Waals surface area (Å²) < 4.78 is 26.2. The van der Waals surface area contributed by atoms with Gasteiger partial charge in [0.15, 0.2) is 0 Å². The molecule has 0 saturated carbocycles. The first-order valence-corrected chi connectivity index (χ1v) is 8.32. The van der Waals surface area contributed by atoms with Crippen LogP contribution in [0.5, 0.6) is 5.75 Å². The fourth-order valence-electron chi connectivity index (χ4n) is 3.01. The van der Waals surface area contributed by atoms with Crippen LogP contribution < -0.4 is 10.1 Å². The Hall–Kier alpha value is -2.41. The van der Waals surface area contributed by atoms with E-state index in [9.17, 15) is 9.18 Å². The van der Waals surface area contributed by atoms with Gasteiger partial charge in [-0.15, -0.1) is 0 Å². The highest BCUT2D eigenvalue weighted by molar-refractivity contribution is 5.92. The van der Waals surface area contributed by atoms with Gasteiger partial charge in [-0.05, 0) is 31.4 Å². The summed E-state index contributed by atoms with van der Waals surface area (Å²) in [6, 6.07) is 4.77. The van der Waals surface area contributed by atoms with Gasteiger partial charge in [-0.2, -0.15) is 5.10 Å². The molecule has 6 nitrogen and oxygen atoms in total. The first-order valence-electron chi connectivity index (χ1n) is 8.32. The van der Waals surface area contributed by atoms with Gasteiger partial charge in [0.25, 0.3) is 0 Å². The molecule has 1 aliphatic heterocycles. The summed E-state index contributed by atoms with van der Waals surface area (Å²) in [5.41, 5.74) is 1.88. The van der Waals surface area contributed by atoms with Crippen molar-refractivity contribution < 1.29 is 18.7 Å². The van der Waals surface area contributed by atoms with Gasteiger partial charge < -0.3 is 14.8 Å². The highest BCUT2D eigenvalue weighted by Gasteiger charge is 2.20. The molecule has 134 valence electrons. The highest BCUT2D eigenvalue weighted by atomic mass is 19.1. The van der Waals surface area contributed by atoms with E-state index in [1.165, 1.54) is 13.2 Å². The average Bonchev–Trinajstić information content (AvgIpc) is 2.98. The quantitative estimate of drug-likeness (QED) is 0.903. The van der Waals surface area contributed by atoms with Gasteiger partial charge in [-0.3, -0.25) is 9.48 Å². The molecule has 0 atom stereocenters. The summed E-state index contributed by atoms with van der Waals surface area (Å²) in [6.07, 6.45) is 3.42. The summed E-state index contributed by atoms with van der Waals surface area (Å²) >= 11 is 0. The second-order valence-corrected chi connectivity index (χ2v) is 6.11. The molecule has 1 fully saturated rings. The van der Waals surface area contributed by atoms with Gasteiger partial charge in [0.05, 0.1) is 37.2 Å². The lowest BCUT2D eigenvalue weighted by atomic mass is 10.1. The van der Waals surface area contributed by atoms with E-state index < -0.39 is 5.82 Å². The number of hydrogen-bond acceptors (Lipinski definition) is 4. The van der Waals surface area contributed by atoms with Crippen LogP contribution in [0, 0.1) is 12.7 Å². The number of anilines is 1. The Morgan fingerprint density at radius 1 is 1.44 bits per heavy atom. The van der Waals surface area contributed by atoms with Crippen molar-refractivity contribution in [1.82, 2.24) is 9.78 Å². The maximum absolute atomic E-state index is 14.0. The number of benzene rings is 1. The van der Waals surface area contributed by atoms with Gasteiger partial charge in [0.2, 0.25) is 5.91 Å². The molecule has 1 aromatic heterocycles. The van der Waals surface area contributed by atoms with E-state index in [2.05, 4.69) is 10.4 Å². The third-order valence-electron chi connectivity index (χ3n) is 4.47. The van der Waals surface area contributed by atoms with Crippen molar-refractivity contribution in [3.8, 4) is 5.75 Å². The Kier molecular flexibility index (Phi) is 5.33. The van der Waals surface area contributed by atoms with Gasteiger partial charge in [0, 0.05) is 19.3 Å². The standard InChI is InChI=1S/C18H22FN3O3/c1-12-17(11-20-22(12)14-5-7-25-8-6-14)21-18(23)9-13-3-4-15(24-2)10-16(13)19/h3-4,10-11,14H,5-9H2,1-2H3,(H,21,23). The molecule has 1 aromatic carbocycles. The SMILES string of the molecule is COc1ccc(CC(=O)Nc2cnn(C3CCOCC3)c2C)c(F)c1. The monoisotopic (exact) mass is 347 g/mol. The van der Waals surface area contributed by atoms with Crippen LogP contribution in [0.1, 0.15) is 30.1 Å². The van der Waals surface area contributed by atoms with E-state index in [4.69, 9.17) is 9.47 Å². The summed E-state index contributed by atoms with van der Waals surface area (Å²) in [7, 11) is 1.47. The van der Waals surface area contributed by atoms with E-state index in [0.717, 1.165) is 31.7 Å². The lowest BCUT2D eigenvalue weighted by molar-refractivity contribution is -0.115. The van der Waals surface area contributed by atoms with Crippen LogP contribution in [-0.4, -0.2) is 36.0 Å². The van der Waals surface area contributed by atoms with Gasteiger partial charge in [-0.1, -0.05) is 6.07 Å². The van der Waals surface area contributed by atoms with Crippen molar-refractivity contribution >= 4 is 11.6 Å². The Bertz CT molecular complexity index is 754. The van der Waals surface area contributed by atoms with Crippen LogP contribution in [0.3, 0.4) is 0 Å². The molecule has 7 heteroatoms. The van der Waals surface area contributed by atoms with E-state index in [-0.39, 0.29) is 12.3 Å². The Balaban J connectivity index is 1.66. The van der Waals surface area contributed by atoms with Crippen molar-refractivity contribution in [2.75, 3.05) is 25.6 Å². The van der Waals surface area contributed by atoms with E-state index in [0.29, 0.717) is 23.0 Å². The molecule has 0 bridgehead atoms. The number of nitrogens with one attached hydrogen (secondary N) is 1. The average molecular weight is 347 g/mol. The molecule has 3 rings (SSSR count). The minimum Gasteiger partial charge on any atom is -0.497 e. The number of carbonyl (C=O) groups is 1. The molecule has 1 aliphatic rings. The van der Waals surface area contributed by atoms with Crippen molar-refractivity contribution in [3.05, 3.63) is 41.5 Å². The minimum absolute atomic E-state index is 0.0439. The molecule has 1 saturated heterocycles. The summed E-state index contributed by atoms with van der Waals surface area (Å²) in [4.78, 5) is 12.3. The molecule has 2 aromatic rings. The zero-order valence-corrected chi connectivity index (χ0v) is 14.4. The molecule has 2 heterocycles. The van der Waals surface area contributed by atoms with E-state index >= 15 is 0 Å². The number of rotatable bonds is 5.